The van der Waals surface area contributed by atoms with Crippen LogP contribution in [0.1, 0.15) is 35.8 Å². The minimum atomic E-state index is -0.668. The molecule has 1 aromatic heterocycles. The number of aromatic amines is 1. The molecule has 0 aliphatic heterocycles. The highest BCUT2D eigenvalue weighted by atomic mass is 127. The molecular formula is C14H15IN2O3. The smallest absolute Gasteiger partial charge is 0.362 e. The van der Waals surface area contributed by atoms with Gasteiger partial charge in [-0.2, -0.15) is 5.10 Å². The van der Waals surface area contributed by atoms with Crippen molar-refractivity contribution in [3.8, 4) is 0 Å². The standard InChI is InChI=1S/C14H15IN2O3/c1-3-4-5-20-14(19)12-13(18)10-7-9(15)6-8(2)11(10)16-17-12/h6-7H,3-5H2,1-2H3,(H,16,18). The molecule has 2 rings (SSSR count). The van der Waals surface area contributed by atoms with Crippen LogP contribution < -0.4 is 5.43 Å². The Morgan fingerprint density at radius 1 is 1.45 bits per heavy atom. The number of H-pyrrole nitrogens is 1. The van der Waals surface area contributed by atoms with Crippen molar-refractivity contribution in [3.05, 3.63) is 37.2 Å². The lowest BCUT2D eigenvalue weighted by Gasteiger charge is -2.06. The van der Waals surface area contributed by atoms with E-state index in [4.69, 9.17) is 4.74 Å². The van der Waals surface area contributed by atoms with Gasteiger partial charge in [0.2, 0.25) is 11.1 Å². The number of unbranched alkanes of at least 4 members (excludes halogenated alkanes) is 1. The first-order chi connectivity index (χ1) is 9.54. The lowest BCUT2D eigenvalue weighted by molar-refractivity contribution is 0.0490. The number of carbonyl (C=O) groups excluding carboxylic acids is 1. The number of nitrogens with zero attached hydrogens (tertiary/aromatic N) is 1. The molecule has 0 unspecified atom stereocenters. The predicted molar refractivity (Wildman–Crippen MR) is 85.0 cm³/mol. The van der Waals surface area contributed by atoms with E-state index in [9.17, 15) is 9.59 Å². The largest absolute Gasteiger partial charge is 0.461 e. The van der Waals surface area contributed by atoms with Crippen molar-refractivity contribution in [2.24, 2.45) is 0 Å². The summed E-state index contributed by atoms with van der Waals surface area (Å²) in [6.07, 6.45) is 1.69. The molecule has 0 spiro atoms. The van der Waals surface area contributed by atoms with Gasteiger partial charge >= 0.3 is 5.97 Å². The Labute approximate surface area is 129 Å². The van der Waals surface area contributed by atoms with Crippen LogP contribution >= 0.6 is 22.6 Å². The van der Waals surface area contributed by atoms with Gasteiger partial charge in [0.05, 0.1) is 17.5 Å². The van der Waals surface area contributed by atoms with Crippen molar-refractivity contribution >= 4 is 39.5 Å². The molecule has 0 aliphatic carbocycles. The first-order valence-corrected chi connectivity index (χ1v) is 7.48. The number of halogens is 1. The average Bonchev–Trinajstić information content (AvgIpc) is 2.40. The molecule has 0 fully saturated rings. The molecule has 0 aliphatic rings. The van der Waals surface area contributed by atoms with Crippen LogP contribution in [0.4, 0.5) is 0 Å². The number of hydrogen-bond acceptors (Lipinski definition) is 4. The molecule has 6 heteroatoms. The molecule has 0 saturated carbocycles. The van der Waals surface area contributed by atoms with Crippen molar-refractivity contribution < 1.29 is 9.53 Å². The molecule has 0 bridgehead atoms. The van der Waals surface area contributed by atoms with Crippen molar-refractivity contribution in [2.45, 2.75) is 26.7 Å². The Balaban J connectivity index is 2.44. The first kappa shape index (κ1) is 15.0. The van der Waals surface area contributed by atoms with Crippen LogP contribution in [-0.4, -0.2) is 22.8 Å². The first-order valence-electron chi connectivity index (χ1n) is 6.40. The Bertz CT molecular complexity index is 709. The lowest BCUT2D eigenvalue weighted by Crippen LogP contribution is -2.21. The Hall–Kier alpha value is -1.44. The van der Waals surface area contributed by atoms with E-state index in [1.54, 1.807) is 6.07 Å². The van der Waals surface area contributed by atoms with Crippen molar-refractivity contribution in [1.29, 1.82) is 0 Å². The van der Waals surface area contributed by atoms with E-state index in [1.165, 1.54) is 0 Å². The van der Waals surface area contributed by atoms with Gasteiger partial charge in [0, 0.05) is 3.57 Å². The molecule has 1 aromatic carbocycles. The minimum absolute atomic E-state index is 0.185. The van der Waals surface area contributed by atoms with Crippen molar-refractivity contribution in [2.75, 3.05) is 6.61 Å². The zero-order valence-electron chi connectivity index (χ0n) is 11.3. The zero-order valence-corrected chi connectivity index (χ0v) is 13.5. The monoisotopic (exact) mass is 386 g/mol. The number of aromatic nitrogens is 2. The molecule has 1 heterocycles. The molecule has 5 nitrogen and oxygen atoms in total. The normalized spacial score (nSPS) is 10.8. The van der Waals surface area contributed by atoms with Gasteiger partial charge in [0.25, 0.3) is 0 Å². The zero-order chi connectivity index (χ0) is 14.7. The third-order valence-electron chi connectivity index (χ3n) is 2.96. The van der Waals surface area contributed by atoms with Crippen LogP contribution in [-0.2, 0) is 4.74 Å². The Kier molecular flexibility index (Phi) is 4.74. The van der Waals surface area contributed by atoms with Crippen LogP contribution in [0.15, 0.2) is 16.9 Å². The highest BCUT2D eigenvalue weighted by Gasteiger charge is 2.17. The maximum Gasteiger partial charge on any atom is 0.362 e. The summed E-state index contributed by atoms with van der Waals surface area (Å²) in [4.78, 5) is 24.2. The molecule has 1 N–H and O–H groups in total. The molecule has 0 radical (unpaired) electrons. The number of esters is 1. The molecule has 106 valence electrons. The van der Waals surface area contributed by atoms with Gasteiger partial charge < -0.3 is 4.74 Å². The van der Waals surface area contributed by atoms with E-state index in [-0.39, 0.29) is 11.1 Å². The lowest BCUT2D eigenvalue weighted by atomic mass is 10.1. The van der Waals surface area contributed by atoms with E-state index in [0.717, 1.165) is 22.0 Å². The number of hydrogen-bond donors (Lipinski definition) is 1. The summed E-state index contributed by atoms with van der Waals surface area (Å²) in [6, 6.07) is 3.69. The summed E-state index contributed by atoms with van der Waals surface area (Å²) in [5.74, 6) is -0.668. The Morgan fingerprint density at radius 3 is 2.90 bits per heavy atom. The molecule has 0 amide bonds. The van der Waals surface area contributed by atoms with Crippen LogP contribution in [0.3, 0.4) is 0 Å². The summed E-state index contributed by atoms with van der Waals surface area (Å²) < 4.78 is 5.97. The SMILES string of the molecule is CCCCOC(=O)c1n[nH]c2c(C)cc(I)cc2c1=O. The summed E-state index contributed by atoms with van der Waals surface area (Å²) in [7, 11) is 0. The van der Waals surface area contributed by atoms with Gasteiger partial charge in [-0.05, 0) is 53.6 Å². The van der Waals surface area contributed by atoms with Crippen LogP contribution in [0, 0.1) is 10.5 Å². The molecule has 20 heavy (non-hydrogen) atoms. The number of nitrogens with one attached hydrogen (secondary N) is 1. The highest BCUT2D eigenvalue weighted by Crippen LogP contribution is 2.17. The van der Waals surface area contributed by atoms with E-state index < -0.39 is 5.97 Å². The van der Waals surface area contributed by atoms with E-state index >= 15 is 0 Å². The average molecular weight is 386 g/mol. The number of ether oxygens (including phenoxy) is 1. The van der Waals surface area contributed by atoms with Crippen molar-refractivity contribution in [3.63, 3.8) is 0 Å². The fourth-order valence-corrected chi connectivity index (χ4v) is 2.66. The molecule has 0 saturated heterocycles. The third kappa shape index (κ3) is 3.00. The van der Waals surface area contributed by atoms with Crippen LogP contribution in [0.5, 0.6) is 0 Å². The molecular weight excluding hydrogens is 371 g/mol. The highest BCUT2D eigenvalue weighted by molar-refractivity contribution is 14.1. The van der Waals surface area contributed by atoms with Gasteiger partial charge in [-0.3, -0.25) is 9.89 Å². The second kappa shape index (κ2) is 6.34. The maximum atomic E-state index is 12.3. The van der Waals surface area contributed by atoms with E-state index in [2.05, 4.69) is 32.8 Å². The van der Waals surface area contributed by atoms with E-state index in [1.807, 2.05) is 19.9 Å². The third-order valence-corrected chi connectivity index (χ3v) is 3.59. The number of benzene rings is 1. The topological polar surface area (TPSA) is 72.0 Å². The maximum absolute atomic E-state index is 12.3. The fraction of sp³-hybridized carbons (Fsp3) is 0.357. The molecule has 2 aromatic rings. The summed E-state index contributed by atoms with van der Waals surface area (Å²) in [6.45, 7) is 4.20. The molecule has 0 atom stereocenters. The second-order valence-electron chi connectivity index (χ2n) is 4.54. The predicted octanol–water partition coefficient (Wildman–Crippen LogP) is 2.79. The number of aryl methyl sites for hydroxylation is 1. The summed E-state index contributed by atoms with van der Waals surface area (Å²) in [5, 5.41) is 7.10. The quantitative estimate of drug-likeness (QED) is 0.498. The number of fused-ring (bicyclic) bond motifs is 1. The van der Waals surface area contributed by atoms with Gasteiger partial charge in [-0.1, -0.05) is 13.3 Å². The van der Waals surface area contributed by atoms with Gasteiger partial charge in [-0.25, -0.2) is 4.79 Å². The van der Waals surface area contributed by atoms with Crippen LogP contribution in [0.25, 0.3) is 10.9 Å². The summed E-state index contributed by atoms with van der Waals surface area (Å²) in [5.41, 5.74) is 1.000. The number of rotatable bonds is 4. The minimum Gasteiger partial charge on any atom is -0.461 e. The van der Waals surface area contributed by atoms with Gasteiger partial charge in [-0.15, -0.1) is 0 Å². The van der Waals surface area contributed by atoms with E-state index in [0.29, 0.717) is 17.5 Å². The van der Waals surface area contributed by atoms with Gasteiger partial charge in [0.15, 0.2) is 0 Å². The van der Waals surface area contributed by atoms with Crippen LogP contribution in [0.2, 0.25) is 0 Å². The summed E-state index contributed by atoms with van der Waals surface area (Å²) >= 11 is 2.14. The van der Waals surface area contributed by atoms with Crippen molar-refractivity contribution in [1.82, 2.24) is 10.2 Å². The Morgan fingerprint density at radius 2 is 2.20 bits per heavy atom. The fourth-order valence-electron chi connectivity index (χ4n) is 1.88. The van der Waals surface area contributed by atoms with Gasteiger partial charge in [0.1, 0.15) is 0 Å². The second-order valence-corrected chi connectivity index (χ2v) is 5.78. The number of carbonyl (C=O) groups is 1.